The Balaban J connectivity index is 1.15. The van der Waals surface area contributed by atoms with Gasteiger partial charge in [0.05, 0.1) is 50.2 Å². The Morgan fingerprint density at radius 2 is 1.35 bits per heavy atom. The van der Waals surface area contributed by atoms with Gasteiger partial charge in [0.15, 0.2) is 0 Å². The molecule has 2 amide bonds. The van der Waals surface area contributed by atoms with E-state index in [9.17, 15) is 9.59 Å². The predicted octanol–water partition coefficient (Wildman–Crippen LogP) is 1.72. The van der Waals surface area contributed by atoms with E-state index in [0.29, 0.717) is 51.8 Å². The summed E-state index contributed by atoms with van der Waals surface area (Å²) in [5.41, 5.74) is 2.36. The van der Waals surface area contributed by atoms with Gasteiger partial charge in [0.2, 0.25) is 11.8 Å². The minimum atomic E-state index is -0.499. The van der Waals surface area contributed by atoms with Gasteiger partial charge in [-0.15, -0.1) is 0 Å². The zero-order valence-corrected chi connectivity index (χ0v) is 29.3. The van der Waals surface area contributed by atoms with Crippen molar-refractivity contribution in [2.75, 3.05) is 72.8 Å². The number of hydrogen-bond acceptors (Lipinski definition) is 11. The fourth-order valence-electron chi connectivity index (χ4n) is 4.31. The van der Waals surface area contributed by atoms with Crippen molar-refractivity contribution in [1.82, 2.24) is 16.0 Å². The van der Waals surface area contributed by atoms with Crippen LogP contribution >= 0.6 is 0 Å². The highest BCUT2D eigenvalue weighted by molar-refractivity contribution is 6.62. The topological polar surface area (TPSA) is 155 Å². The third-order valence-corrected chi connectivity index (χ3v) is 7.74. The number of rotatable bonds is 23. The average Bonchev–Trinajstić information content (AvgIpc) is 3.29. The van der Waals surface area contributed by atoms with Crippen molar-refractivity contribution in [2.45, 2.75) is 51.9 Å². The van der Waals surface area contributed by atoms with E-state index in [-0.39, 0.29) is 56.9 Å². The molecule has 270 valence electrons. The van der Waals surface area contributed by atoms with Gasteiger partial charge in [-0.2, -0.15) is 0 Å². The summed E-state index contributed by atoms with van der Waals surface area (Å²) in [6.07, 6.45) is 3.58. The van der Waals surface area contributed by atoms with Crippen LogP contribution in [0.2, 0.25) is 0 Å². The van der Waals surface area contributed by atoms with Gasteiger partial charge in [-0.05, 0) is 63.3 Å². The summed E-state index contributed by atoms with van der Waals surface area (Å²) < 4.78 is 39.0. The summed E-state index contributed by atoms with van der Waals surface area (Å²) >= 11 is 0. The molecule has 0 aromatic heterocycles. The second-order valence-electron chi connectivity index (χ2n) is 12.5. The molecule has 0 aliphatic carbocycles. The van der Waals surface area contributed by atoms with Crippen molar-refractivity contribution in [1.29, 1.82) is 0 Å². The van der Waals surface area contributed by atoms with Crippen molar-refractivity contribution in [3.63, 3.8) is 0 Å². The van der Waals surface area contributed by atoms with E-state index >= 15 is 0 Å². The number of hydrogen-bond donors (Lipinski definition) is 4. The van der Waals surface area contributed by atoms with Crippen LogP contribution in [0, 0.1) is 0 Å². The van der Waals surface area contributed by atoms with E-state index in [1.807, 2.05) is 88.4 Å². The normalized spacial score (nSPS) is 15.8. The highest BCUT2D eigenvalue weighted by Gasteiger charge is 2.51. The number of aliphatic hydroxyl groups excluding tert-OH is 1. The molecule has 1 unspecified atom stereocenters. The Hall–Kier alpha value is -3.34. The first-order valence-corrected chi connectivity index (χ1v) is 16.5. The summed E-state index contributed by atoms with van der Waals surface area (Å²) in [7, 11) is -0.376. The van der Waals surface area contributed by atoms with Gasteiger partial charge in [0, 0.05) is 13.1 Å². The van der Waals surface area contributed by atoms with Gasteiger partial charge in [0.1, 0.15) is 32.5 Å². The molecule has 0 saturated carbocycles. The largest absolute Gasteiger partial charge is 0.494 e. The van der Waals surface area contributed by atoms with Crippen molar-refractivity contribution >= 4 is 36.5 Å². The van der Waals surface area contributed by atoms with Crippen LogP contribution in [0.25, 0.3) is 12.2 Å². The van der Waals surface area contributed by atoms with Crippen LogP contribution in [0.3, 0.4) is 0 Å². The first-order chi connectivity index (χ1) is 23.4. The number of benzene rings is 2. The number of amides is 2. The molecular weight excluding hydrogens is 633 g/mol. The van der Waals surface area contributed by atoms with Crippen molar-refractivity contribution in [3.05, 3.63) is 59.7 Å². The monoisotopic (exact) mass is 685 g/mol. The van der Waals surface area contributed by atoms with Gasteiger partial charge in [-0.25, -0.2) is 0 Å². The maximum Gasteiger partial charge on any atom is 0.494 e. The molecule has 3 rings (SSSR count). The molecule has 1 saturated heterocycles. The Bertz CT molecular complexity index is 1270. The molecule has 1 fully saturated rings. The third kappa shape index (κ3) is 15.4. The predicted molar refractivity (Wildman–Crippen MR) is 187 cm³/mol. The van der Waals surface area contributed by atoms with E-state index in [1.165, 1.54) is 0 Å². The first-order valence-electron chi connectivity index (χ1n) is 16.5. The summed E-state index contributed by atoms with van der Waals surface area (Å²) in [6, 6.07) is 15.9. The highest BCUT2D eigenvalue weighted by atomic mass is 16.7. The van der Waals surface area contributed by atoms with E-state index < -0.39 is 6.10 Å². The number of carbonyl (C=O) groups excluding carboxylic acids is 2. The Kier molecular flexibility index (Phi) is 17.2. The lowest BCUT2D eigenvalue weighted by Gasteiger charge is -2.32. The fourth-order valence-corrected chi connectivity index (χ4v) is 4.31. The second kappa shape index (κ2) is 21.0. The van der Waals surface area contributed by atoms with Crippen molar-refractivity contribution in [3.8, 4) is 5.75 Å². The fraction of sp³-hybridized carbons (Fsp3) is 0.543. The van der Waals surface area contributed by atoms with E-state index in [2.05, 4.69) is 16.0 Å². The molecule has 2 aromatic carbocycles. The minimum absolute atomic E-state index is 0.00428. The summed E-state index contributed by atoms with van der Waals surface area (Å²) in [6.45, 7) is 12.1. The van der Waals surface area contributed by atoms with Gasteiger partial charge in [-0.3, -0.25) is 9.59 Å². The second-order valence-corrected chi connectivity index (χ2v) is 12.5. The Labute approximate surface area is 290 Å². The minimum Gasteiger partial charge on any atom is -0.492 e. The van der Waals surface area contributed by atoms with Crippen LogP contribution in [-0.4, -0.2) is 114 Å². The van der Waals surface area contributed by atoms with Crippen LogP contribution in [-0.2, 0) is 37.8 Å². The van der Waals surface area contributed by atoms with Crippen LogP contribution in [0.1, 0.15) is 45.7 Å². The molecule has 13 nitrogen and oxygen atoms in total. The Morgan fingerprint density at radius 3 is 2.00 bits per heavy atom. The molecule has 1 aliphatic heterocycles. The first kappa shape index (κ1) is 40.1. The SMILES string of the molecule is CC(O)CNCC(=O)NCCOCCOCOCOCC(=O)NCCOc1ccc(C=Cc2ccc(B3OC(C)(C)C(C)(C)O3)cc2)cc1. The van der Waals surface area contributed by atoms with Crippen molar-refractivity contribution < 1.29 is 47.7 Å². The van der Waals surface area contributed by atoms with Crippen LogP contribution < -0.4 is 26.2 Å². The van der Waals surface area contributed by atoms with Crippen LogP contribution in [0.5, 0.6) is 5.75 Å². The zero-order valence-electron chi connectivity index (χ0n) is 29.3. The average molecular weight is 686 g/mol. The molecule has 0 spiro atoms. The molecule has 2 aromatic rings. The molecular formula is C35H52BN3O10. The van der Waals surface area contributed by atoms with E-state index in [4.69, 9.17) is 38.1 Å². The van der Waals surface area contributed by atoms with Crippen LogP contribution in [0.15, 0.2) is 48.5 Å². The van der Waals surface area contributed by atoms with E-state index in [0.717, 1.165) is 16.6 Å². The molecule has 1 atom stereocenters. The van der Waals surface area contributed by atoms with Gasteiger partial charge in [0.25, 0.3) is 0 Å². The molecule has 49 heavy (non-hydrogen) atoms. The summed E-state index contributed by atoms with van der Waals surface area (Å²) in [5.74, 6) is 0.260. The third-order valence-electron chi connectivity index (χ3n) is 7.74. The summed E-state index contributed by atoms with van der Waals surface area (Å²) in [5, 5.41) is 17.4. The lowest BCUT2D eigenvalue weighted by molar-refractivity contribution is -0.149. The molecule has 4 N–H and O–H groups in total. The quantitative estimate of drug-likeness (QED) is 0.0585. The van der Waals surface area contributed by atoms with Crippen LogP contribution in [0.4, 0.5) is 0 Å². The maximum absolute atomic E-state index is 12.0. The van der Waals surface area contributed by atoms with Gasteiger partial charge < -0.3 is 54.0 Å². The van der Waals surface area contributed by atoms with Gasteiger partial charge >= 0.3 is 7.12 Å². The number of aliphatic hydroxyl groups is 1. The number of carbonyl (C=O) groups is 2. The molecule has 14 heteroatoms. The Morgan fingerprint density at radius 1 is 0.776 bits per heavy atom. The number of ether oxygens (including phenoxy) is 5. The van der Waals surface area contributed by atoms with E-state index in [1.54, 1.807) is 6.92 Å². The maximum atomic E-state index is 12.0. The number of nitrogens with one attached hydrogen (secondary N) is 3. The van der Waals surface area contributed by atoms with Gasteiger partial charge in [-0.1, -0.05) is 48.6 Å². The molecule has 1 heterocycles. The lowest BCUT2D eigenvalue weighted by atomic mass is 9.79. The highest BCUT2D eigenvalue weighted by Crippen LogP contribution is 2.36. The molecule has 1 aliphatic rings. The standard InChI is InChI=1S/C35H52BN3O10/c1-27(40)22-37-23-32(41)38-16-18-43-20-21-44-25-46-26-45-24-33(42)39-17-19-47-31-14-10-29(11-15-31)7-6-28-8-12-30(13-9-28)36-48-34(2,3)35(4,5)49-36/h6-15,27,37,40H,16-26H2,1-5H3,(H,38,41)(H,39,42). The summed E-state index contributed by atoms with van der Waals surface area (Å²) in [4.78, 5) is 23.5. The lowest BCUT2D eigenvalue weighted by Crippen LogP contribution is -2.41. The van der Waals surface area contributed by atoms with Crippen molar-refractivity contribution in [2.24, 2.45) is 0 Å². The zero-order chi connectivity index (χ0) is 35.5. The molecule has 0 radical (unpaired) electrons. The smallest absolute Gasteiger partial charge is 0.492 e. The molecule has 0 bridgehead atoms.